The van der Waals surface area contributed by atoms with Crippen LogP contribution in [0.2, 0.25) is 0 Å². The van der Waals surface area contributed by atoms with Gasteiger partial charge in [0.15, 0.2) is 0 Å². The molecule has 0 aliphatic carbocycles. The van der Waals surface area contributed by atoms with E-state index in [0.717, 1.165) is 36.5 Å². The quantitative estimate of drug-likeness (QED) is 0.925. The minimum atomic E-state index is -0.0807. The van der Waals surface area contributed by atoms with E-state index >= 15 is 0 Å². The van der Waals surface area contributed by atoms with E-state index in [1.165, 1.54) is 0 Å². The zero-order valence-electron chi connectivity index (χ0n) is 13.0. The monoisotopic (exact) mass is 299 g/mol. The summed E-state index contributed by atoms with van der Waals surface area (Å²) in [5.74, 6) is 1.17. The van der Waals surface area contributed by atoms with Crippen molar-refractivity contribution in [2.45, 2.75) is 38.6 Å². The van der Waals surface area contributed by atoms with Crippen molar-refractivity contribution in [3.05, 3.63) is 47.9 Å². The van der Waals surface area contributed by atoms with Crippen molar-refractivity contribution in [2.75, 3.05) is 11.9 Å². The van der Waals surface area contributed by atoms with Crippen LogP contribution in [-0.2, 0) is 0 Å². The highest BCUT2D eigenvalue weighted by Crippen LogP contribution is 2.33. The molecule has 3 rings (SSSR count). The van der Waals surface area contributed by atoms with Gasteiger partial charge in [0.05, 0.1) is 6.04 Å². The topological polar surface area (TPSA) is 58.4 Å². The number of urea groups is 1. The Kier molecular flexibility index (Phi) is 4.13. The molecule has 0 unspecified atom stereocenters. The minimum Gasteiger partial charge on any atom is -0.361 e. The first-order valence-corrected chi connectivity index (χ1v) is 7.74. The van der Waals surface area contributed by atoms with E-state index in [4.69, 9.17) is 4.52 Å². The molecule has 5 nitrogen and oxygen atoms in total. The Hall–Kier alpha value is -2.30. The Bertz CT molecular complexity index is 636. The summed E-state index contributed by atoms with van der Waals surface area (Å²) in [7, 11) is 0. The number of benzene rings is 1. The van der Waals surface area contributed by atoms with Crippen LogP contribution < -0.4 is 5.32 Å². The van der Waals surface area contributed by atoms with E-state index < -0.39 is 0 Å². The molecular formula is C17H21N3O2. The number of nitrogens with zero attached hydrogens (tertiary/aromatic N) is 2. The van der Waals surface area contributed by atoms with Gasteiger partial charge in [-0.25, -0.2) is 4.79 Å². The summed E-state index contributed by atoms with van der Waals surface area (Å²) in [5.41, 5.74) is 1.66. The first-order chi connectivity index (χ1) is 10.6. The van der Waals surface area contributed by atoms with Crippen LogP contribution in [0, 0.1) is 0 Å². The molecule has 0 bridgehead atoms. The van der Waals surface area contributed by atoms with E-state index in [1.54, 1.807) is 0 Å². The maximum absolute atomic E-state index is 12.5. The number of aromatic nitrogens is 1. The fourth-order valence-electron chi connectivity index (χ4n) is 2.77. The zero-order chi connectivity index (χ0) is 15.5. The summed E-state index contributed by atoms with van der Waals surface area (Å²) >= 11 is 0. The van der Waals surface area contributed by atoms with Crippen molar-refractivity contribution in [2.24, 2.45) is 0 Å². The Balaban J connectivity index is 1.73. The van der Waals surface area contributed by atoms with Crippen molar-refractivity contribution >= 4 is 11.7 Å². The molecule has 116 valence electrons. The predicted octanol–water partition coefficient (Wildman–Crippen LogP) is 4.17. The van der Waals surface area contributed by atoms with Gasteiger partial charge >= 0.3 is 6.03 Å². The lowest BCUT2D eigenvalue weighted by Crippen LogP contribution is -2.34. The summed E-state index contributed by atoms with van der Waals surface area (Å²) in [4.78, 5) is 14.3. The lowest BCUT2D eigenvalue weighted by molar-refractivity contribution is 0.204. The molecule has 1 saturated heterocycles. The molecule has 0 spiro atoms. The van der Waals surface area contributed by atoms with E-state index in [9.17, 15) is 4.79 Å². The molecular weight excluding hydrogens is 278 g/mol. The van der Waals surface area contributed by atoms with Crippen LogP contribution >= 0.6 is 0 Å². The van der Waals surface area contributed by atoms with Crippen molar-refractivity contribution < 1.29 is 9.32 Å². The van der Waals surface area contributed by atoms with Gasteiger partial charge in [-0.15, -0.1) is 0 Å². The van der Waals surface area contributed by atoms with Crippen LogP contribution in [0.1, 0.15) is 50.1 Å². The second-order valence-electron chi connectivity index (χ2n) is 5.96. The van der Waals surface area contributed by atoms with Crippen LogP contribution in [0.5, 0.6) is 0 Å². The number of hydrogen-bond donors (Lipinski definition) is 1. The number of rotatable bonds is 3. The molecule has 22 heavy (non-hydrogen) atoms. The predicted molar refractivity (Wildman–Crippen MR) is 84.7 cm³/mol. The van der Waals surface area contributed by atoms with Gasteiger partial charge in [-0.05, 0) is 25.0 Å². The van der Waals surface area contributed by atoms with E-state index in [1.807, 2.05) is 41.3 Å². The molecule has 1 aromatic carbocycles. The molecule has 0 radical (unpaired) electrons. The molecule has 1 aliphatic rings. The second-order valence-corrected chi connectivity index (χ2v) is 5.96. The smallest absolute Gasteiger partial charge is 0.322 e. The molecule has 2 heterocycles. The van der Waals surface area contributed by atoms with Crippen LogP contribution in [0.25, 0.3) is 0 Å². The molecule has 1 N–H and O–H groups in total. The number of carbonyl (C=O) groups excluding carboxylic acids is 1. The number of anilines is 1. The second kappa shape index (κ2) is 6.22. The Morgan fingerprint density at radius 3 is 2.82 bits per heavy atom. The molecule has 1 aliphatic heterocycles. The van der Waals surface area contributed by atoms with Gasteiger partial charge in [-0.2, -0.15) is 0 Å². The molecule has 5 heteroatoms. The number of amides is 2. The number of nitrogens with one attached hydrogen (secondary N) is 1. The van der Waals surface area contributed by atoms with Crippen LogP contribution in [0.3, 0.4) is 0 Å². The third-order valence-corrected chi connectivity index (χ3v) is 4.00. The average Bonchev–Trinajstić information content (AvgIpc) is 3.17. The third kappa shape index (κ3) is 2.98. The van der Waals surface area contributed by atoms with Crippen LogP contribution in [0.4, 0.5) is 10.5 Å². The van der Waals surface area contributed by atoms with Gasteiger partial charge in [0, 0.05) is 24.2 Å². The molecule has 2 aromatic rings. The highest BCUT2D eigenvalue weighted by Gasteiger charge is 2.32. The van der Waals surface area contributed by atoms with Crippen LogP contribution in [-0.4, -0.2) is 22.6 Å². The SMILES string of the molecule is CC(C)c1cc([C@@H]2CCCN2C(=O)Nc2ccccc2)no1. The van der Waals surface area contributed by atoms with Gasteiger partial charge < -0.3 is 14.7 Å². The van der Waals surface area contributed by atoms with Crippen molar-refractivity contribution in [3.8, 4) is 0 Å². The molecule has 2 amide bonds. The number of likely N-dealkylation sites (tertiary alicyclic amines) is 1. The van der Waals surface area contributed by atoms with Crippen molar-refractivity contribution in [1.29, 1.82) is 0 Å². The highest BCUT2D eigenvalue weighted by atomic mass is 16.5. The van der Waals surface area contributed by atoms with Gasteiger partial charge in [0.25, 0.3) is 0 Å². The Labute approximate surface area is 130 Å². The maximum atomic E-state index is 12.5. The van der Waals surface area contributed by atoms with Gasteiger partial charge in [0.2, 0.25) is 0 Å². The first-order valence-electron chi connectivity index (χ1n) is 7.74. The van der Waals surface area contributed by atoms with E-state index in [-0.39, 0.29) is 12.1 Å². The summed E-state index contributed by atoms with van der Waals surface area (Å²) < 4.78 is 5.38. The van der Waals surface area contributed by atoms with Gasteiger partial charge in [-0.3, -0.25) is 0 Å². The lowest BCUT2D eigenvalue weighted by atomic mass is 10.1. The Morgan fingerprint density at radius 1 is 1.36 bits per heavy atom. The zero-order valence-corrected chi connectivity index (χ0v) is 13.0. The number of hydrogen-bond acceptors (Lipinski definition) is 3. The lowest BCUT2D eigenvalue weighted by Gasteiger charge is -2.23. The average molecular weight is 299 g/mol. The highest BCUT2D eigenvalue weighted by molar-refractivity contribution is 5.89. The largest absolute Gasteiger partial charge is 0.361 e. The van der Waals surface area contributed by atoms with E-state index in [2.05, 4.69) is 24.3 Å². The number of para-hydroxylation sites is 1. The normalized spacial score (nSPS) is 18.0. The van der Waals surface area contributed by atoms with Crippen molar-refractivity contribution in [1.82, 2.24) is 10.1 Å². The summed E-state index contributed by atoms with van der Waals surface area (Å²) in [6.45, 7) is 4.88. The summed E-state index contributed by atoms with van der Waals surface area (Å²) in [6, 6.07) is 11.4. The fraction of sp³-hybridized carbons (Fsp3) is 0.412. The van der Waals surface area contributed by atoms with Gasteiger partial charge in [-0.1, -0.05) is 37.2 Å². The maximum Gasteiger partial charge on any atom is 0.322 e. The molecule has 1 fully saturated rings. The third-order valence-electron chi connectivity index (χ3n) is 4.00. The number of carbonyl (C=O) groups is 1. The van der Waals surface area contributed by atoms with Crippen molar-refractivity contribution in [3.63, 3.8) is 0 Å². The standard InChI is InChI=1S/C17H21N3O2/c1-12(2)16-11-14(19-22-16)15-9-6-10-20(15)17(21)18-13-7-4-3-5-8-13/h3-5,7-8,11-12,15H,6,9-10H2,1-2H3,(H,18,21)/t15-/m0/s1. The molecule has 1 atom stereocenters. The van der Waals surface area contributed by atoms with Crippen LogP contribution in [0.15, 0.2) is 40.9 Å². The minimum absolute atomic E-state index is 0.0000350. The fourth-order valence-corrected chi connectivity index (χ4v) is 2.77. The summed E-state index contributed by atoms with van der Waals surface area (Å²) in [5, 5.41) is 7.10. The van der Waals surface area contributed by atoms with E-state index in [0.29, 0.717) is 5.92 Å². The Morgan fingerprint density at radius 2 is 2.14 bits per heavy atom. The molecule has 0 saturated carbocycles. The first kappa shape index (κ1) is 14.6. The molecule has 1 aromatic heterocycles. The van der Waals surface area contributed by atoms with Gasteiger partial charge in [0.1, 0.15) is 11.5 Å². The summed E-state index contributed by atoms with van der Waals surface area (Å²) in [6.07, 6.45) is 1.91.